The van der Waals surface area contributed by atoms with Crippen LogP contribution in [0, 0.1) is 11.8 Å². The Morgan fingerprint density at radius 1 is 1.12 bits per heavy atom. The van der Waals surface area contributed by atoms with Crippen molar-refractivity contribution in [2.75, 3.05) is 0 Å². The first-order valence-electron chi connectivity index (χ1n) is 5.87. The highest BCUT2D eigenvalue weighted by Crippen LogP contribution is 2.24. The second-order valence-corrected chi connectivity index (χ2v) is 5.02. The Kier molecular flexibility index (Phi) is 4.65. The van der Waals surface area contributed by atoms with E-state index in [2.05, 4.69) is 42.6 Å². The van der Waals surface area contributed by atoms with Crippen LogP contribution in [-0.4, -0.2) is 20.1 Å². The fourth-order valence-corrected chi connectivity index (χ4v) is 2.15. The monoisotopic (exact) mass is 223 g/mol. The molecule has 0 aliphatic heterocycles. The van der Waals surface area contributed by atoms with Crippen molar-refractivity contribution in [3.63, 3.8) is 0 Å². The summed E-state index contributed by atoms with van der Waals surface area (Å²) in [5.74, 6) is 2.31. The third-order valence-corrected chi connectivity index (χ3v) is 2.65. The van der Waals surface area contributed by atoms with Gasteiger partial charge in [-0.05, 0) is 24.7 Å². The molecule has 1 heterocycles. The predicted molar refractivity (Wildman–Crippen MR) is 63.1 cm³/mol. The molecule has 0 spiro atoms. The molecule has 0 aliphatic rings. The zero-order valence-corrected chi connectivity index (χ0v) is 10.5. The van der Waals surface area contributed by atoms with Crippen LogP contribution in [0.25, 0.3) is 0 Å². The number of aromatic nitrogens is 3. The van der Waals surface area contributed by atoms with Gasteiger partial charge in [-0.1, -0.05) is 27.7 Å². The predicted octanol–water partition coefficient (Wildman–Crippen LogP) is 2.75. The van der Waals surface area contributed by atoms with Crippen LogP contribution in [0.1, 0.15) is 52.3 Å². The third kappa shape index (κ3) is 4.13. The van der Waals surface area contributed by atoms with Gasteiger partial charge in [-0.2, -0.15) is 9.97 Å². The summed E-state index contributed by atoms with van der Waals surface area (Å²) in [5.41, 5.74) is 0. The number of hydrogen-bond donors (Lipinski definition) is 1. The van der Waals surface area contributed by atoms with Gasteiger partial charge in [0.2, 0.25) is 0 Å². The van der Waals surface area contributed by atoms with Crippen LogP contribution in [0.5, 0.6) is 6.01 Å². The highest BCUT2D eigenvalue weighted by Gasteiger charge is 2.14. The van der Waals surface area contributed by atoms with E-state index in [4.69, 9.17) is 0 Å². The molecule has 0 aromatic carbocycles. The summed E-state index contributed by atoms with van der Waals surface area (Å²) in [7, 11) is 0. The van der Waals surface area contributed by atoms with Gasteiger partial charge in [0.05, 0.1) is 0 Å². The number of hydrogen-bond acceptors (Lipinski definition) is 4. The van der Waals surface area contributed by atoms with Crippen LogP contribution in [-0.2, 0) is 0 Å². The van der Waals surface area contributed by atoms with Crippen LogP contribution >= 0.6 is 0 Å². The van der Waals surface area contributed by atoms with E-state index >= 15 is 0 Å². The fraction of sp³-hybridized carbons (Fsp3) is 0.750. The Balaban J connectivity index is 2.55. The van der Waals surface area contributed by atoms with Crippen molar-refractivity contribution in [1.82, 2.24) is 15.0 Å². The lowest BCUT2D eigenvalue weighted by molar-refractivity contribution is 0.379. The Morgan fingerprint density at radius 3 is 2.38 bits per heavy atom. The average molecular weight is 223 g/mol. The van der Waals surface area contributed by atoms with Crippen LogP contribution in [0.2, 0.25) is 0 Å². The number of nitrogens with zero attached hydrogens (tertiary/aromatic N) is 3. The molecule has 0 saturated heterocycles. The van der Waals surface area contributed by atoms with E-state index in [1.807, 2.05) is 0 Å². The molecule has 1 aromatic heterocycles. The van der Waals surface area contributed by atoms with Crippen molar-refractivity contribution in [3.8, 4) is 6.01 Å². The molecule has 4 nitrogen and oxygen atoms in total. The lowest BCUT2D eigenvalue weighted by Gasteiger charge is -2.17. The highest BCUT2D eigenvalue weighted by atomic mass is 16.3. The highest BCUT2D eigenvalue weighted by molar-refractivity contribution is 4.98. The molecular formula is C12H21N3O. The molecule has 0 aliphatic carbocycles. The molecule has 90 valence electrons. The second kappa shape index (κ2) is 5.77. The summed E-state index contributed by atoms with van der Waals surface area (Å²) < 4.78 is 0. The standard InChI is InChI=1S/C12H21N3O/c1-8(2)5-9(3)6-10(4)11-13-7-14-12(16)15-11/h7-10H,5-6H2,1-4H3,(H,13,14,15,16). The van der Waals surface area contributed by atoms with Gasteiger partial charge < -0.3 is 5.11 Å². The van der Waals surface area contributed by atoms with Gasteiger partial charge >= 0.3 is 6.01 Å². The van der Waals surface area contributed by atoms with Crippen LogP contribution in [0.15, 0.2) is 6.33 Å². The first kappa shape index (κ1) is 12.9. The summed E-state index contributed by atoms with van der Waals surface area (Å²) in [5, 5.41) is 9.18. The Bertz CT molecular complexity index is 328. The van der Waals surface area contributed by atoms with Gasteiger partial charge in [-0.15, -0.1) is 0 Å². The van der Waals surface area contributed by atoms with Crippen molar-refractivity contribution in [2.24, 2.45) is 11.8 Å². The molecule has 2 unspecified atom stereocenters. The molecule has 1 rings (SSSR count). The SMILES string of the molecule is CC(C)CC(C)CC(C)c1ncnc(O)n1. The third-order valence-electron chi connectivity index (χ3n) is 2.65. The largest absolute Gasteiger partial charge is 0.479 e. The van der Waals surface area contributed by atoms with Crippen molar-refractivity contribution >= 4 is 0 Å². The molecule has 16 heavy (non-hydrogen) atoms. The molecule has 0 bridgehead atoms. The maximum absolute atomic E-state index is 9.18. The van der Waals surface area contributed by atoms with Crippen molar-refractivity contribution in [2.45, 2.75) is 46.5 Å². The first-order valence-corrected chi connectivity index (χ1v) is 5.87. The lowest BCUT2D eigenvalue weighted by Crippen LogP contribution is -2.08. The van der Waals surface area contributed by atoms with Crippen molar-refractivity contribution in [3.05, 3.63) is 12.2 Å². The van der Waals surface area contributed by atoms with Crippen molar-refractivity contribution in [1.29, 1.82) is 0 Å². The van der Waals surface area contributed by atoms with Crippen LogP contribution in [0.4, 0.5) is 0 Å². The smallest absolute Gasteiger partial charge is 0.317 e. The molecule has 1 aromatic rings. The van der Waals surface area contributed by atoms with Crippen LogP contribution in [0.3, 0.4) is 0 Å². The molecule has 0 saturated carbocycles. The van der Waals surface area contributed by atoms with Crippen LogP contribution < -0.4 is 0 Å². The van der Waals surface area contributed by atoms with E-state index in [9.17, 15) is 5.11 Å². The second-order valence-electron chi connectivity index (χ2n) is 5.02. The molecule has 0 amide bonds. The Morgan fingerprint density at radius 2 is 1.81 bits per heavy atom. The zero-order chi connectivity index (χ0) is 12.1. The summed E-state index contributed by atoms with van der Waals surface area (Å²) in [6, 6.07) is -0.187. The quantitative estimate of drug-likeness (QED) is 0.833. The fourth-order valence-electron chi connectivity index (χ4n) is 2.15. The van der Waals surface area contributed by atoms with Gasteiger partial charge in [0.15, 0.2) is 0 Å². The molecule has 0 radical (unpaired) electrons. The minimum atomic E-state index is -0.187. The van der Waals surface area contributed by atoms with E-state index in [1.54, 1.807) is 0 Å². The van der Waals surface area contributed by atoms with Crippen molar-refractivity contribution < 1.29 is 5.11 Å². The van der Waals surface area contributed by atoms with Gasteiger partial charge in [0, 0.05) is 5.92 Å². The number of rotatable bonds is 5. The number of aromatic hydroxyl groups is 1. The van der Waals surface area contributed by atoms with E-state index in [-0.39, 0.29) is 11.9 Å². The molecule has 0 fully saturated rings. The first-order chi connectivity index (χ1) is 7.49. The zero-order valence-electron chi connectivity index (χ0n) is 10.5. The van der Waals surface area contributed by atoms with E-state index in [0.717, 1.165) is 6.42 Å². The summed E-state index contributed by atoms with van der Waals surface area (Å²) in [6.07, 6.45) is 3.62. The summed E-state index contributed by atoms with van der Waals surface area (Å²) in [4.78, 5) is 11.6. The van der Waals surface area contributed by atoms with Gasteiger partial charge in [0.1, 0.15) is 12.2 Å². The topological polar surface area (TPSA) is 58.9 Å². The Hall–Kier alpha value is -1.19. The van der Waals surface area contributed by atoms with Gasteiger partial charge in [0.25, 0.3) is 0 Å². The lowest BCUT2D eigenvalue weighted by atomic mass is 9.90. The van der Waals surface area contributed by atoms with E-state index in [1.165, 1.54) is 12.7 Å². The van der Waals surface area contributed by atoms with Gasteiger partial charge in [-0.25, -0.2) is 4.98 Å². The average Bonchev–Trinajstić information content (AvgIpc) is 2.16. The maximum Gasteiger partial charge on any atom is 0.317 e. The normalized spacial score (nSPS) is 15.1. The molecule has 2 atom stereocenters. The van der Waals surface area contributed by atoms with Gasteiger partial charge in [-0.3, -0.25) is 0 Å². The maximum atomic E-state index is 9.18. The summed E-state index contributed by atoms with van der Waals surface area (Å²) >= 11 is 0. The molecule has 1 N–H and O–H groups in total. The minimum absolute atomic E-state index is 0.187. The van der Waals surface area contributed by atoms with E-state index in [0.29, 0.717) is 17.7 Å². The molecular weight excluding hydrogens is 202 g/mol. The minimum Gasteiger partial charge on any atom is -0.479 e. The Labute approximate surface area is 97.2 Å². The summed E-state index contributed by atoms with van der Waals surface area (Å²) in [6.45, 7) is 8.80. The molecule has 4 heteroatoms. The van der Waals surface area contributed by atoms with E-state index < -0.39 is 0 Å².